The van der Waals surface area contributed by atoms with Gasteiger partial charge in [-0.15, -0.1) is 0 Å². The van der Waals surface area contributed by atoms with Crippen LogP contribution in [-0.2, 0) is 0 Å². The molecule has 2 rings (SSSR count). The first-order valence-corrected chi connectivity index (χ1v) is 7.28. The van der Waals surface area contributed by atoms with Crippen LogP contribution in [0.3, 0.4) is 0 Å². The molecule has 0 aromatic heterocycles. The lowest BCUT2D eigenvalue weighted by molar-refractivity contribution is -0.0663. The maximum Gasteiger partial charge on any atom is 0.251 e. The average molecular weight is 295 g/mol. The lowest BCUT2D eigenvalue weighted by Gasteiger charge is -2.62. The largest absolute Gasteiger partial charge is 0.348 e. The van der Waals surface area contributed by atoms with Gasteiger partial charge in [0.2, 0.25) is 0 Å². The number of halogens is 1. The fourth-order valence-corrected chi connectivity index (χ4v) is 3.92. The Hall–Kier alpha value is -1.06. The van der Waals surface area contributed by atoms with Crippen molar-refractivity contribution in [2.24, 2.45) is 16.6 Å². The van der Waals surface area contributed by atoms with Crippen LogP contribution in [0.1, 0.15) is 43.6 Å². The summed E-state index contributed by atoms with van der Waals surface area (Å²) in [5, 5.41) is 3.70. The van der Waals surface area contributed by atoms with Crippen LogP contribution >= 0.6 is 11.6 Å². The molecule has 0 bridgehead atoms. The molecule has 20 heavy (non-hydrogen) atoms. The van der Waals surface area contributed by atoms with Gasteiger partial charge in [-0.3, -0.25) is 4.79 Å². The van der Waals surface area contributed by atoms with Gasteiger partial charge in [0, 0.05) is 33.5 Å². The zero-order valence-electron chi connectivity index (χ0n) is 12.8. The molecular weight excluding hydrogens is 272 g/mol. The number of benzene rings is 1. The van der Waals surface area contributed by atoms with Crippen LogP contribution in [0.2, 0.25) is 5.02 Å². The van der Waals surface area contributed by atoms with Gasteiger partial charge < -0.3 is 11.1 Å². The van der Waals surface area contributed by atoms with E-state index in [1.165, 1.54) is 0 Å². The van der Waals surface area contributed by atoms with Gasteiger partial charge in [-0.25, -0.2) is 0 Å². The second-order valence-corrected chi connectivity index (χ2v) is 7.48. The molecule has 110 valence electrons. The number of carbonyl (C=O) groups excluding carboxylic acids is 1. The monoisotopic (exact) mass is 294 g/mol. The molecule has 0 spiro atoms. The Bertz CT molecular complexity index is 515. The number of hydrogen-bond acceptors (Lipinski definition) is 2. The summed E-state index contributed by atoms with van der Waals surface area (Å²) in [6, 6.07) is 5.51. The van der Waals surface area contributed by atoms with Crippen molar-refractivity contribution in [1.29, 1.82) is 0 Å². The van der Waals surface area contributed by atoms with Crippen LogP contribution in [0.5, 0.6) is 0 Å². The maximum absolute atomic E-state index is 12.4. The van der Waals surface area contributed by atoms with E-state index in [9.17, 15) is 4.79 Å². The van der Waals surface area contributed by atoms with Crippen LogP contribution in [0, 0.1) is 17.8 Å². The predicted molar refractivity (Wildman–Crippen MR) is 83.0 cm³/mol. The smallest absolute Gasteiger partial charge is 0.251 e. The van der Waals surface area contributed by atoms with E-state index in [1.54, 1.807) is 6.07 Å². The summed E-state index contributed by atoms with van der Waals surface area (Å²) in [7, 11) is 0. The number of carbonyl (C=O) groups is 1. The van der Waals surface area contributed by atoms with E-state index in [2.05, 4.69) is 33.0 Å². The zero-order valence-corrected chi connectivity index (χ0v) is 13.5. The number of amides is 1. The summed E-state index contributed by atoms with van der Waals surface area (Å²) >= 11 is 6.01. The molecule has 0 unspecified atom stereocenters. The number of hydrogen-bond donors (Lipinski definition) is 2. The minimum Gasteiger partial charge on any atom is -0.348 e. The molecule has 1 aliphatic rings. The molecule has 0 aliphatic heterocycles. The quantitative estimate of drug-likeness (QED) is 0.880. The number of nitrogens with two attached hydrogens (primary N) is 1. The van der Waals surface area contributed by atoms with Crippen molar-refractivity contribution < 1.29 is 4.79 Å². The van der Waals surface area contributed by atoms with E-state index >= 15 is 0 Å². The predicted octanol–water partition coefficient (Wildman–Crippen LogP) is 3.14. The van der Waals surface area contributed by atoms with Crippen molar-refractivity contribution in [2.45, 2.75) is 46.7 Å². The van der Waals surface area contributed by atoms with Gasteiger partial charge in [-0.1, -0.05) is 39.3 Å². The normalized spacial score (nSPS) is 26.8. The van der Waals surface area contributed by atoms with Crippen LogP contribution < -0.4 is 11.1 Å². The van der Waals surface area contributed by atoms with E-state index in [4.69, 9.17) is 17.3 Å². The number of aryl methyl sites for hydroxylation is 1. The van der Waals surface area contributed by atoms with Gasteiger partial charge in [0.05, 0.1) is 0 Å². The molecule has 0 atom stereocenters. The Morgan fingerprint density at radius 1 is 1.20 bits per heavy atom. The molecule has 1 fully saturated rings. The topological polar surface area (TPSA) is 55.1 Å². The van der Waals surface area contributed by atoms with Gasteiger partial charge in [-0.2, -0.15) is 0 Å². The molecular formula is C16H23ClN2O. The first-order chi connectivity index (χ1) is 9.06. The number of rotatable bonds is 2. The van der Waals surface area contributed by atoms with E-state index < -0.39 is 0 Å². The minimum absolute atomic E-state index is 0.0526. The molecule has 1 aromatic rings. The summed E-state index contributed by atoms with van der Waals surface area (Å²) < 4.78 is 0. The Morgan fingerprint density at radius 3 is 2.25 bits per heavy atom. The average Bonchev–Trinajstić information content (AvgIpc) is 2.33. The van der Waals surface area contributed by atoms with Crippen LogP contribution in [-0.4, -0.2) is 18.0 Å². The SMILES string of the molecule is Cc1cc(Cl)cc(C(=O)NC2C(C)(C)C(N)C2(C)C)c1. The van der Waals surface area contributed by atoms with Crippen molar-refractivity contribution >= 4 is 17.5 Å². The van der Waals surface area contributed by atoms with Crippen LogP contribution in [0.15, 0.2) is 18.2 Å². The molecule has 3 nitrogen and oxygen atoms in total. The molecule has 4 heteroatoms. The molecule has 1 aliphatic carbocycles. The van der Waals surface area contributed by atoms with Crippen molar-refractivity contribution in [2.75, 3.05) is 0 Å². The highest BCUT2D eigenvalue weighted by atomic mass is 35.5. The van der Waals surface area contributed by atoms with Gasteiger partial charge in [0.15, 0.2) is 0 Å². The van der Waals surface area contributed by atoms with Gasteiger partial charge in [0.1, 0.15) is 0 Å². The Kier molecular flexibility index (Phi) is 3.64. The standard InChI is InChI=1S/C16H23ClN2O/c1-9-6-10(8-11(17)7-9)12(20)19-14-15(2,3)13(18)16(14,4)5/h6-8,13-14H,18H2,1-5H3,(H,19,20). The fraction of sp³-hybridized carbons (Fsp3) is 0.562. The lowest BCUT2D eigenvalue weighted by Crippen LogP contribution is -2.76. The summed E-state index contributed by atoms with van der Waals surface area (Å²) in [5.74, 6) is -0.0892. The van der Waals surface area contributed by atoms with Crippen molar-refractivity contribution in [3.63, 3.8) is 0 Å². The zero-order chi connectivity index (χ0) is 15.3. The first-order valence-electron chi connectivity index (χ1n) is 6.90. The maximum atomic E-state index is 12.4. The third kappa shape index (κ3) is 2.33. The fourth-order valence-electron chi connectivity index (χ4n) is 3.63. The highest BCUT2D eigenvalue weighted by Crippen LogP contribution is 2.52. The molecule has 1 aromatic carbocycles. The van der Waals surface area contributed by atoms with Crippen molar-refractivity contribution in [1.82, 2.24) is 5.32 Å². The summed E-state index contributed by atoms with van der Waals surface area (Å²) in [5.41, 5.74) is 7.58. The molecule has 1 saturated carbocycles. The Morgan fingerprint density at radius 2 is 1.75 bits per heavy atom. The Labute approximate surface area is 125 Å². The Balaban J connectivity index is 2.20. The second-order valence-electron chi connectivity index (χ2n) is 7.04. The molecule has 0 heterocycles. The number of nitrogens with one attached hydrogen (secondary N) is 1. The molecule has 3 N–H and O–H groups in total. The second kappa shape index (κ2) is 4.74. The summed E-state index contributed by atoms with van der Waals surface area (Å²) in [6.07, 6.45) is 0. The summed E-state index contributed by atoms with van der Waals surface area (Å²) in [6.45, 7) is 10.3. The van der Waals surface area contributed by atoms with Crippen molar-refractivity contribution in [3.8, 4) is 0 Å². The summed E-state index contributed by atoms with van der Waals surface area (Å²) in [4.78, 5) is 12.4. The first kappa shape index (κ1) is 15.3. The molecule has 1 amide bonds. The third-order valence-electron chi connectivity index (χ3n) is 4.67. The lowest BCUT2D eigenvalue weighted by atomic mass is 9.48. The molecule has 0 radical (unpaired) electrons. The van der Waals surface area contributed by atoms with Gasteiger partial charge in [0.25, 0.3) is 5.91 Å². The minimum atomic E-state index is -0.104. The van der Waals surface area contributed by atoms with Crippen LogP contribution in [0.25, 0.3) is 0 Å². The van der Waals surface area contributed by atoms with Crippen LogP contribution in [0.4, 0.5) is 0 Å². The third-order valence-corrected chi connectivity index (χ3v) is 4.89. The van der Waals surface area contributed by atoms with E-state index in [0.717, 1.165) is 5.56 Å². The van der Waals surface area contributed by atoms with E-state index in [1.807, 2.05) is 19.1 Å². The van der Waals surface area contributed by atoms with Gasteiger partial charge >= 0.3 is 0 Å². The van der Waals surface area contributed by atoms with Crippen molar-refractivity contribution in [3.05, 3.63) is 34.3 Å². The highest BCUT2D eigenvalue weighted by molar-refractivity contribution is 6.31. The molecule has 0 saturated heterocycles. The van der Waals surface area contributed by atoms with Gasteiger partial charge in [-0.05, 0) is 30.7 Å². The highest BCUT2D eigenvalue weighted by Gasteiger charge is 2.60. The van der Waals surface area contributed by atoms with E-state index in [-0.39, 0.29) is 28.8 Å². The van der Waals surface area contributed by atoms with E-state index in [0.29, 0.717) is 10.6 Å².